The molecule has 0 aliphatic carbocycles. The number of thiophene rings is 1. The zero-order valence-electron chi connectivity index (χ0n) is 7.95. The third kappa shape index (κ3) is 1.24. The summed E-state index contributed by atoms with van der Waals surface area (Å²) in [5.41, 5.74) is 0.655. The van der Waals surface area contributed by atoms with Crippen LogP contribution < -0.4 is 0 Å². The van der Waals surface area contributed by atoms with Crippen molar-refractivity contribution in [3.8, 4) is 0 Å². The summed E-state index contributed by atoms with van der Waals surface area (Å²) in [5.74, 6) is -0.351. The summed E-state index contributed by atoms with van der Waals surface area (Å²) in [5, 5.41) is 11.5. The van der Waals surface area contributed by atoms with Gasteiger partial charge >= 0.3 is 5.95 Å². The fourth-order valence-electron chi connectivity index (χ4n) is 1.59. The molecule has 0 saturated heterocycles. The summed E-state index contributed by atoms with van der Waals surface area (Å²) in [6.45, 7) is 0. The first-order valence-corrected chi connectivity index (χ1v) is 5.36. The maximum Gasteiger partial charge on any atom is 0.469 e. The second kappa shape index (κ2) is 3.21. The van der Waals surface area contributed by atoms with Gasteiger partial charge in [-0.25, -0.2) is 0 Å². The summed E-state index contributed by atoms with van der Waals surface area (Å²) in [6, 6.07) is 7.69. The highest BCUT2D eigenvalue weighted by molar-refractivity contribution is 7.25. The van der Waals surface area contributed by atoms with Crippen LogP contribution in [0.3, 0.4) is 0 Å². The summed E-state index contributed by atoms with van der Waals surface area (Å²) in [4.78, 5) is 17.7. The van der Waals surface area contributed by atoms with Crippen molar-refractivity contribution >= 4 is 37.6 Å². The van der Waals surface area contributed by atoms with E-state index < -0.39 is 4.92 Å². The van der Waals surface area contributed by atoms with Crippen LogP contribution in [0.2, 0.25) is 0 Å². The van der Waals surface area contributed by atoms with Crippen molar-refractivity contribution in [1.29, 1.82) is 0 Å². The van der Waals surface area contributed by atoms with Gasteiger partial charge in [-0.3, -0.25) is 0 Å². The first kappa shape index (κ1) is 9.17. The average Bonchev–Trinajstić information content (AvgIpc) is 2.66. The third-order valence-electron chi connectivity index (χ3n) is 2.27. The number of fused-ring (bicyclic) bond motifs is 3. The lowest BCUT2D eigenvalue weighted by Gasteiger charge is -1.90. The number of hydrogen-bond acceptors (Lipinski definition) is 5. The van der Waals surface area contributed by atoms with Crippen molar-refractivity contribution in [3.63, 3.8) is 0 Å². The second-order valence-electron chi connectivity index (χ2n) is 3.24. The topological polar surface area (TPSA) is 68.9 Å². The van der Waals surface area contributed by atoms with E-state index in [2.05, 4.69) is 9.97 Å². The summed E-state index contributed by atoms with van der Waals surface area (Å²) < 4.78 is 1.93. The van der Waals surface area contributed by atoms with E-state index in [0.717, 1.165) is 14.8 Å². The lowest BCUT2D eigenvalue weighted by atomic mass is 10.2. The van der Waals surface area contributed by atoms with Crippen molar-refractivity contribution < 1.29 is 4.92 Å². The monoisotopic (exact) mass is 231 g/mol. The second-order valence-corrected chi connectivity index (χ2v) is 4.32. The Balaban J connectivity index is 2.44. The van der Waals surface area contributed by atoms with E-state index in [1.165, 1.54) is 17.5 Å². The molecule has 16 heavy (non-hydrogen) atoms. The molecule has 0 aliphatic rings. The van der Waals surface area contributed by atoms with Gasteiger partial charge in [0, 0.05) is 10.1 Å². The standard InChI is InChI=1S/C10H5N3O2S/c14-13(15)10-11-5-8-9(12-10)6-3-1-2-4-7(6)16-8/h1-5H. The molecule has 0 amide bonds. The molecule has 0 radical (unpaired) electrons. The van der Waals surface area contributed by atoms with E-state index >= 15 is 0 Å². The van der Waals surface area contributed by atoms with Gasteiger partial charge in [-0.05, 0) is 17.1 Å². The van der Waals surface area contributed by atoms with Crippen molar-refractivity contribution in [1.82, 2.24) is 9.97 Å². The van der Waals surface area contributed by atoms with Crippen LogP contribution in [0, 0.1) is 10.1 Å². The van der Waals surface area contributed by atoms with E-state index in [4.69, 9.17) is 0 Å². The minimum absolute atomic E-state index is 0.351. The molecular weight excluding hydrogens is 226 g/mol. The molecule has 3 rings (SSSR count). The van der Waals surface area contributed by atoms with E-state index in [0.29, 0.717) is 5.52 Å². The van der Waals surface area contributed by atoms with Crippen LogP contribution in [-0.4, -0.2) is 14.9 Å². The molecule has 1 aromatic carbocycles. The zero-order chi connectivity index (χ0) is 11.1. The molecule has 2 aromatic heterocycles. The average molecular weight is 231 g/mol. The van der Waals surface area contributed by atoms with E-state index in [9.17, 15) is 10.1 Å². The molecule has 0 aliphatic heterocycles. The molecule has 3 aromatic rings. The number of aromatic nitrogens is 2. The van der Waals surface area contributed by atoms with Crippen molar-refractivity contribution in [2.75, 3.05) is 0 Å². The van der Waals surface area contributed by atoms with Gasteiger partial charge in [-0.2, -0.15) is 0 Å². The van der Waals surface area contributed by atoms with Gasteiger partial charge in [0.25, 0.3) is 0 Å². The Morgan fingerprint density at radius 2 is 2.06 bits per heavy atom. The van der Waals surface area contributed by atoms with E-state index in [-0.39, 0.29) is 5.95 Å². The molecule has 2 heterocycles. The highest BCUT2D eigenvalue weighted by Crippen LogP contribution is 2.32. The lowest BCUT2D eigenvalue weighted by Crippen LogP contribution is -1.94. The quantitative estimate of drug-likeness (QED) is 0.477. The van der Waals surface area contributed by atoms with Gasteiger partial charge in [0.05, 0.1) is 0 Å². The summed E-state index contributed by atoms with van der Waals surface area (Å²) >= 11 is 1.53. The first-order valence-electron chi connectivity index (χ1n) is 4.54. The van der Waals surface area contributed by atoms with Gasteiger partial charge in [0.2, 0.25) is 0 Å². The highest BCUT2D eigenvalue weighted by atomic mass is 32.1. The number of rotatable bonds is 1. The fourth-order valence-corrected chi connectivity index (χ4v) is 2.60. The predicted octanol–water partition coefficient (Wildman–Crippen LogP) is 2.75. The van der Waals surface area contributed by atoms with Crippen LogP contribution >= 0.6 is 11.3 Å². The minimum atomic E-state index is -0.578. The van der Waals surface area contributed by atoms with E-state index in [1.807, 2.05) is 24.3 Å². The summed E-state index contributed by atoms with van der Waals surface area (Å²) in [6.07, 6.45) is 1.51. The van der Waals surface area contributed by atoms with Gasteiger partial charge < -0.3 is 10.1 Å². The van der Waals surface area contributed by atoms with Crippen LogP contribution in [0.5, 0.6) is 0 Å². The molecule has 6 heteroatoms. The Bertz CT molecular complexity index is 707. The van der Waals surface area contributed by atoms with Gasteiger partial charge in [0.15, 0.2) is 5.52 Å². The molecule has 5 nitrogen and oxygen atoms in total. The highest BCUT2D eigenvalue weighted by Gasteiger charge is 2.15. The molecule has 0 saturated carbocycles. The Morgan fingerprint density at radius 1 is 1.25 bits per heavy atom. The predicted molar refractivity (Wildman–Crippen MR) is 61.6 cm³/mol. The number of benzene rings is 1. The largest absolute Gasteiger partial charge is 0.469 e. The SMILES string of the molecule is O=[N+]([O-])c1ncc2sc3ccccc3c2n1. The van der Waals surface area contributed by atoms with Crippen molar-refractivity contribution in [2.24, 2.45) is 0 Å². The molecule has 0 unspecified atom stereocenters. The van der Waals surface area contributed by atoms with Crippen LogP contribution in [0.1, 0.15) is 0 Å². The molecule has 0 bridgehead atoms. The first-order chi connectivity index (χ1) is 7.75. The van der Waals surface area contributed by atoms with Crippen LogP contribution in [0.4, 0.5) is 5.95 Å². The van der Waals surface area contributed by atoms with Gasteiger partial charge in [-0.15, -0.1) is 11.3 Å². The fraction of sp³-hybridized carbons (Fsp3) is 0. The number of hydrogen-bond donors (Lipinski definition) is 0. The van der Waals surface area contributed by atoms with Crippen LogP contribution in [0.15, 0.2) is 30.5 Å². The minimum Gasteiger partial charge on any atom is -0.390 e. The molecule has 0 atom stereocenters. The molecule has 0 N–H and O–H groups in total. The molecule has 78 valence electrons. The molecular formula is C10H5N3O2S. The maximum atomic E-state index is 10.6. The normalized spacial score (nSPS) is 11.0. The van der Waals surface area contributed by atoms with Crippen molar-refractivity contribution in [3.05, 3.63) is 40.6 Å². The number of nitrogens with zero attached hydrogens (tertiary/aromatic N) is 3. The van der Waals surface area contributed by atoms with Crippen LogP contribution in [0.25, 0.3) is 20.3 Å². The Kier molecular flexibility index (Phi) is 1.84. The third-order valence-corrected chi connectivity index (χ3v) is 3.36. The number of nitro groups is 1. The summed E-state index contributed by atoms with van der Waals surface area (Å²) in [7, 11) is 0. The zero-order valence-corrected chi connectivity index (χ0v) is 8.77. The Labute approximate surface area is 93.5 Å². The molecule has 0 fully saturated rings. The van der Waals surface area contributed by atoms with Crippen molar-refractivity contribution in [2.45, 2.75) is 0 Å². The van der Waals surface area contributed by atoms with Crippen LogP contribution in [-0.2, 0) is 0 Å². The lowest BCUT2D eigenvalue weighted by molar-refractivity contribution is -0.394. The van der Waals surface area contributed by atoms with E-state index in [1.54, 1.807) is 0 Å². The maximum absolute atomic E-state index is 10.6. The van der Waals surface area contributed by atoms with Gasteiger partial charge in [0.1, 0.15) is 10.9 Å². The Morgan fingerprint density at radius 3 is 2.88 bits per heavy atom. The van der Waals surface area contributed by atoms with Gasteiger partial charge in [-0.1, -0.05) is 22.1 Å². The molecule has 0 spiro atoms. The Hall–Kier alpha value is -2.08. The smallest absolute Gasteiger partial charge is 0.390 e.